The van der Waals surface area contributed by atoms with Crippen LogP contribution in [-0.4, -0.2) is 5.43 Å². The number of rotatable bonds is 4. The molecular formula is C30H40Cl2SiZr-2. The SMILES string of the molecule is CCCc1c(C)ccc2[cH-]c(C)cc12.CCCc1c(C)ccc2[cH-]c(C)cc12.C[Si](C)=[Zr+2].[Cl-].[Cl-]. The van der Waals surface area contributed by atoms with E-state index in [1.54, 1.807) is 23.3 Å². The third-order valence-corrected chi connectivity index (χ3v) is 5.76. The number of fused-ring (bicyclic) bond motifs is 2. The van der Waals surface area contributed by atoms with Gasteiger partial charge in [0.2, 0.25) is 0 Å². The van der Waals surface area contributed by atoms with E-state index < -0.39 is 0 Å². The Hall–Kier alpha value is -0.660. The average molecular weight is 591 g/mol. The first-order chi connectivity index (χ1) is 15.2. The van der Waals surface area contributed by atoms with Gasteiger partial charge in [0.05, 0.1) is 0 Å². The second kappa shape index (κ2) is 16.2. The molecule has 0 nitrogen and oxygen atoms in total. The maximum atomic E-state index is 2.31. The molecule has 0 aliphatic carbocycles. The predicted octanol–water partition coefficient (Wildman–Crippen LogP) is 3.05. The molecule has 0 amide bonds. The molecule has 4 aromatic carbocycles. The van der Waals surface area contributed by atoms with E-state index >= 15 is 0 Å². The zero-order valence-corrected chi connectivity index (χ0v) is 27.2. The third kappa shape index (κ3) is 9.42. The molecule has 0 aliphatic heterocycles. The Morgan fingerprint density at radius 2 is 1.00 bits per heavy atom. The Morgan fingerprint density at radius 3 is 1.29 bits per heavy atom. The Morgan fingerprint density at radius 1 is 0.676 bits per heavy atom. The Labute approximate surface area is 235 Å². The summed E-state index contributed by atoms with van der Waals surface area (Å²) in [6.45, 7) is 17.9. The van der Waals surface area contributed by atoms with E-state index in [4.69, 9.17) is 0 Å². The number of halogens is 2. The van der Waals surface area contributed by atoms with E-state index in [-0.39, 0.29) is 30.2 Å². The maximum absolute atomic E-state index is 2.31. The summed E-state index contributed by atoms with van der Waals surface area (Å²) in [6, 6.07) is 18.1. The largest absolute Gasteiger partial charge is 1.00 e. The van der Waals surface area contributed by atoms with Crippen molar-refractivity contribution >= 4 is 27.0 Å². The first-order valence-corrected chi connectivity index (χ1v) is 18.2. The molecule has 4 heteroatoms. The first kappa shape index (κ1) is 33.3. The van der Waals surface area contributed by atoms with Crippen molar-refractivity contribution in [2.24, 2.45) is 0 Å². The van der Waals surface area contributed by atoms with E-state index in [9.17, 15) is 0 Å². The molecule has 34 heavy (non-hydrogen) atoms. The summed E-state index contributed by atoms with van der Waals surface area (Å²) in [6.07, 6.45) is 4.85. The van der Waals surface area contributed by atoms with Crippen LogP contribution in [0.4, 0.5) is 0 Å². The first-order valence-electron chi connectivity index (χ1n) is 12.0. The summed E-state index contributed by atoms with van der Waals surface area (Å²) in [7, 11) is 0. The summed E-state index contributed by atoms with van der Waals surface area (Å²) in [4.78, 5) is 0. The topological polar surface area (TPSA) is 0 Å². The van der Waals surface area contributed by atoms with Crippen molar-refractivity contribution in [1.82, 2.24) is 0 Å². The molecule has 0 fully saturated rings. The van der Waals surface area contributed by atoms with Gasteiger partial charge >= 0.3 is 41.9 Å². The van der Waals surface area contributed by atoms with Crippen LogP contribution in [0.1, 0.15) is 60.1 Å². The molecule has 0 spiro atoms. The van der Waals surface area contributed by atoms with Crippen LogP contribution >= 0.6 is 0 Å². The molecule has 0 saturated carbocycles. The van der Waals surface area contributed by atoms with E-state index in [0.717, 1.165) is 0 Å². The third-order valence-electron chi connectivity index (χ3n) is 5.76. The Bertz CT molecular complexity index is 1090. The van der Waals surface area contributed by atoms with Gasteiger partial charge in [0.15, 0.2) is 0 Å². The molecular weight excluding hydrogens is 551 g/mol. The van der Waals surface area contributed by atoms with Crippen LogP contribution in [0.2, 0.25) is 13.1 Å². The van der Waals surface area contributed by atoms with Crippen LogP contribution in [0, 0.1) is 27.7 Å². The maximum Gasteiger partial charge on any atom is -1.00 e. The second-order valence-electron chi connectivity index (χ2n) is 9.29. The van der Waals surface area contributed by atoms with Crippen LogP contribution in [0.5, 0.6) is 0 Å². The van der Waals surface area contributed by atoms with Gasteiger partial charge in [0.1, 0.15) is 0 Å². The van der Waals surface area contributed by atoms with E-state index in [2.05, 4.69) is 103 Å². The number of benzene rings is 2. The normalized spacial score (nSPS) is 9.94. The second-order valence-corrected chi connectivity index (χ2v) is 18.7. The van der Waals surface area contributed by atoms with Crippen molar-refractivity contribution < 1.29 is 48.1 Å². The Balaban J connectivity index is 0.000000528. The van der Waals surface area contributed by atoms with Crippen molar-refractivity contribution in [3.8, 4) is 0 Å². The predicted molar refractivity (Wildman–Crippen MR) is 144 cm³/mol. The summed E-state index contributed by atoms with van der Waals surface area (Å²) < 4.78 is 0. The minimum atomic E-state index is 0. The number of aryl methyl sites for hydroxylation is 6. The molecule has 0 bridgehead atoms. The molecule has 0 atom stereocenters. The van der Waals surface area contributed by atoms with Crippen molar-refractivity contribution in [3.05, 3.63) is 81.9 Å². The van der Waals surface area contributed by atoms with Gasteiger partial charge < -0.3 is 24.8 Å². The van der Waals surface area contributed by atoms with Crippen LogP contribution in [0.15, 0.2) is 48.5 Å². The molecule has 0 N–H and O–H groups in total. The van der Waals surface area contributed by atoms with Crippen LogP contribution in [-0.2, 0) is 36.2 Å². The summed E-state index contributed by atoms with van der Waals surface area (Å²) in [5.41, 5.74) is 8.92. The fourth-order valence-electron chi connectivity index (χ4n) is 4.37. The van der Waals surface area contributed by atoms with Crippen molar-refractivity contribution in [1.29, 1.82) is 0 Å². The fraction of sp³-hybridized carbons (Fsp3) is 0.400. The number of hydrogen-bond acceptors (Lipinski definition) is 0. The molecule has 0 aromatic heterocycles. The smallest absolute Gasteiger partial charge is 1.00 e. The molecule has 0 saturated heterocycles. The van der Waals surface area contributed by atoms with Gasteiger partial charge in [-0.25, -0.2) is 0 Å². The monoisotopic (exact) mass is 588 g/mol. The molecule has 0 aliphatic rings. The van der Waals surface area contributed by atoms with Crippen LogP contribution in [0.3, 0.4) is 0 Å². The Kier molecular flexibility index (Phi) is 15.8. The van der Waals surface area contributed by atoms with Crippen molar-refractivity contribution in [2.45, 2.75) is 80.3 Å². The molecule has 184 valence electrons. The van der Waals surface area contributed by atoms with Crippen LogP contribution < -0.4 is 24.8 Å². The van der Waals surface area contributed by atoms with E-state index in [1.165, 1.54) is 80.6 Å². The van der Waals surface area contributed by atoms with Gasteiger partial charge in [-0.05, 0) is 26.7 Å². The molecule has 4 rings (SSSR count). The molecule has 0 unspecified atom stereocenters. The average Bonchev–Trinajstić information content (AvgIpc) is 3.28. The quantitative estimate of drug-likeness (QED) is 0.253. The van der Waals surface area contributed by atoms with Crippen molar-refractivity contribution in [3.63, 3.8) is 0 Å². The zero-order valence-electron chi connectivity index (χ0n) is 22.2. The van der Waals surface area contributed by atoms with Crippen molar-refractivity contribution in [2.75, 3.05) is 0 Å². The molecule has 0 heterocycles. The minimum absolute atomic E-state index is 0. The van der Waals surface area contributed by atoms with E-state index in [0.29, 0.717) is 0 Å². The minimum Gasteiger partial charge on any atom is -1.00 e. The zero-order chi connectivity index (χ0) is 23.8. The fourth-order valence-corrected chi connectivity index (χ4v) is 4.37. The number of hydrogen-bond donors (Lipinski definition) is 0. The van der Waals surface area contributed by atoms with E-state index in [1.807, 2.05) is 0 Å². The molecule has 4 aromatic rings. The van der Waals surface area contributed by atoms with Gasteiger partial charge in [0.25, 0.3) is 0 Å². The van der Waals surface area contributed by atoms with Gasteiger partial charge in [-0.15, -0.1) is 69.1 Å². The van der Waals surface area contributed by atoms with Gasteiger partial charge in [-0.2, -0.15) is 12.1 Å². The summed E-state index contributed by atoms with van der Waals surface area (Å²) in [5.74, 6) is 0. The van der Waals surface area contributed by atoms with Gasteiger partial charge in [0, 0.05) is 0 Å². The summed E-state index contributed by atoms with van der Waals surface area (Å²) in [5, 5.41) is 5.72. The van der Waals surface area contributed by atoms with Crippen LogP contribution in [0.25, 0.3) is 21.5 Å². The standard InChI is InChI=1S/2C14H17.C2H6Si.2ClH.Zr/c2*1-4-5-13-11(3)6-7-12-8-10(2)9-14(12)13;1-3-2;;;/h2*6-9H,4-5H2,1-3H3;1-2H3;2*1H;/q2*-1;;;;+2/p-2. The van der Waals surface area contributed by atoms with Gasteiger partial charge in [-0.1, -0.05) is 62.8 Å². The molecule has 0 radical (unpaired) electrons. The van der Waals surface area contributed by atoms with Gasteiger partial charge in [-0.3, -0.25) is 0 Å². The summed E-state index contributed by atoms with van der Waals surface area (Å²) >= 11 is 1.74.